The van der Waals surface area contributed by atoms with Crippen LogP contribution in [0.3, 0.4) is 0 Å². The molecule has 0 aliphatic heterocycles. The van der Waals surface area contributed by atoms with E-state index in [1.165, 1.54) is 6.33 Å². The SMILES string of the molecule is Cc1nc2ccc(-c3c[nH]c4ncnc(C#N)c34)c(Cl)c2s1. The zero-order valence-corrected chi connectivity index (χ0v) is 13.0. The van der Waals surface area contributed by atoms with Crippen LogP contribution in [0.1, 0.15) is 10.7 Å². The van der Waals surface area contributed by atoms with E-state index >= 15 is 0 Å². The van der Waals surface area contributed by atoms with Crippen LogP contribution in [-0.4, -0.2) is 19.9 Å². The fourth-order valence-electron chi connectivity index (χ4n) is 2.54. The van der Waals surface area contributed by atoms with Crippen LogP contribution in [0.15, 0.2) is 24.7 Å². The molecular formula is C15H8ClN5S. The van der Waals surface area contributed by atoms with Crippen molar-refractivity contribution >= 4 is 44.2 Å². The first-order chi connectivity index (χ1) is 10.7. The first-order valence-corrected chi connectivity index (χ1v) is 7.66. The number of fused-ring (bicyclic) bond motifs is 2. The van der Waals surface area contributed by atoms with Crippen molar-refractivity contribution in [3.63, 3.8) is 0 Å². The van der Waals surface area contributed by atoms with Gasteiger partial charge in [-0.2, -0.15) is 5.26 Å². The fourth-order valence-corrected chi connectivity index (χ4v) is 3.77. The van der Waals surface area contributed by atoms with E-state index in [0.717, 1.165) is 26.4 Å². The van der Waals surface area contributed by atoms with E-state index in [4.69, 9.17) is 11.6 Å². The number of nitriles is 1. The minimum absolute atomic E-state index is 0.331. The maximum absolute atomic E-state index is 9.27. The van der Waals surface area contributed by atoms with Crippen molar-refractivity contribution in [1.29, 1.82) is 5.26 Å². The number of hydrogen-bond donors (Lipinski definition) is 1. The molecule has 4 rings (SSSR count). The normalized spacial score (nSPS) is 11.1. The molecule has 1 N–H and O–H groups in total. The molecule has 0 spiro atoms. The van der Waals surface area contributed by atoms with E-state index in [1.54, 1.807) is 17.5 Å². The van der Waals surface area contributed by atoms with Gasteiger partial charge in [0.2, 0.25) is 0 Å². The number of aromatic nitrogens is 4. The highest BCUT2D eigenvalue weighted by Gasteiger charge is 2.17. The Morgan fingerprint density at radius 1 is 1.27 bits per heavy atom. The number of benzene rings is 1. The van der Waals surface area contributed by atoms with E-state index in [-0.39, 0.29) is 0 Å². The third kappa shape index (κ3) is 1.80. The van der Waals surface area contributed by atoms with Gasteiger partial charge in [-0.3, -0.25) is 0 Å². The molecule has 0 aliphatic rings. The lowest BCUT2D eigenvalue weighted by atomic mass is 10.0. The van der Waals surface area contributed by atoms with Crippen LogP contribution < -0.4 is 0 Å². The summed E-state index contributed by atoms with van der Waals surface area (Å²) in [5, 5.41) is 11.6. The zero-order chi connectivity index (χ0) is 15.3. The summed E-state index contributed by atoms with van der Waals surface area (Å²) < 4.78 is 0.946. The maximum Gasteiger partial charge on any atom is 0.153 e. The maximum atomic E-state index is 9.27. The number of rotatable bonds is 1. The molecule has 0 atom stereocenters. The van der Waals surface area contributed by atoms with Crippen LogP contribution in [0.2, 0.25) is 5.02 Å². The quantitative estimate of drug-likeness (QED) is 0.572. The van der Waals surface area contributed by atoms with E-state index < -0.39 is 0 Å². The third-order valence-corrected chi connectivity index (χ3v) is 4.98. The lowest BCUT2D eigenvalue weighted by molar-refractivity contribution is 1.17. The Hall–Kier alpha value is -2.49. The number of halogens is 1. The first kappa shape index (κ1) is 13.2. The Morgan fingerprint density at radius 2 is 2.14 bits per heavy atom. The molecule has 0 amide bonds. The van der Waals surface area contributed by atoms with Crippen molar-refractivity contribution in [2.45, 2.75) is 6.92 Å². The molecule has 0 aliphatic carbocycles. The average molecular weight is 326 g/mol. The van der Waals surface area contributed by atoms with Gasteiger partial charge in [-0.05, 0) is 13.0 Å². The van der Waals surface area contributed by atoms with Crippen molar-refractivity contribution < 1.29 is 0 Å². The largest absolute Gasteiger partial charge is 0.345 e. The Kier molecular flexibility index (Phi) is 2.86. The highest BCUT2D eigenvalue weighted by molar-refractivity contribution is 7.19. The lowest BCUT2D eigenvalue weighted by Crippen LogP contribution is -1.88. The Bertz CT molecular complexity index is 1070. The molecule has 0 bridgehead atoms. The third-order valence-electron chi connectivity index (χ3n) is 3.47. The highest BCUT2D eigenvalue weighted by atomic mass is 35.5. The number of aryl methyl sites for hydroxylation is 1. The molecule has 0 radical (unpaired) electrons. The lowest BCUT2D eigenvalue weighted by Gasteiger charge is -2.04. The summed E-state index contributed by atoms with van der Waals surface area (Å²) in [7, 11) is 0. The first-order valence-electron chi connectivity index (χ1n) is 6.47. The molecule has 0 saturated carbocycles. The van der Waals surface area contributed by atoms with E-state index in [2.05, 4.69) is 26.0 Å². The van der Waals surface area contributed by atoms with Gasteiger partial charge in [-0.1, -0.05) is 17.7 Å². The molecular weight excluding hydrogens is 318 g/mol. The molecule has 106 valence electrons. The Balaban J connectivity index is 2.08. The number of hydrogen-bond acceptors (Lipinski definition) is 5. The Labute approximate surface area is 134 Å². The van der Waals surface area contributed by atoms with Crippen LogP contribution in [0.25, 0.3) is 32.4 Å². The Morgan fingerprint density at radius 3 is 2.95 bits per heavy atom. The summed E-state index contributed by atoms with van der Waals surface area (Å²) in [4.78, 5) is 15.7. The van der Waals surface area contributed by atoms with Gasteiger partial charge in [0.05, 0.1) is 25.6 Å². The van der Waals surface area contributed by atoms with Crippen LogP contribution >= 0.6 is 22.9 Å². The number of H-pyrrole nitrogens is 1. The second kappa shape index (κ2) is 4.77. The van der Waals surface area contributed by atoms with Crippen molar-refractivity contribution in [2.24, 2.45) is 0 Å². The van der Waals surface area contributed by atoms with E-state index in [1.807, 2.05) is 19.1 Å². The predicted molar refractivity (Wildman–Crippen MR) is 87.0 cm³/mol. The van der Waals surface area contributed by atoms with E-state index in [9.17, 15) is 5.26 Å². The summed E-state index contributed by atoms with van der Waals surface area (Å²) in [6.45, 7) is 1.95. The molecule has 3 aromatic heterocycles. The van der Waals surface area contributed by atoms with Gasteiger partial charge < -0.3 is 4.98 Å². The summed E-state index contributed by atoms with van der Waals surface area (Å²) in [6, 6.07) is 5.96. The van der Waals surface area contributed by atoms with Crippen molar-refractivity contribution in [1.82, 2.24) is 19.9 Å². The van der Waals surface area contributed by atoms with E-state index in [0.29, 0.717) is 21.7 Å². The van der Waals surface area contributed by atoms with Gasteiger partial charge in [0.15, 0.2) is 5.69 Å². The molecule has 1 aromatic carbocycles. The molecule has 0 saturated heterocycles. The molecule has 22 heavy (non-hydrogen) atoms. The van der Waals surface area contributed by atoms with Gasteiger partial charge in [0.25, 0.3) is 0 Å². The van der Waals surface area contributed by atoms with Crippen molar-refractivity contribution in [2.75, 3.05) is 0 Å². The zero-order valence-electron chi connectivity index (χ0n) is 11.4. The highest BCUT2D eigenvalue weighted by Crippen LogP contribution is 2.39. The average Bonchev–Trinajstić information content (AvgIpc) is 3.11. The summed E-state index contributed by atoms with van der Waals surface area (Å²) in [6.07, 6.45) is 3.18. The van der Waals surface area contributed by atoms with Gasteiger partial charge >= 0.3 is 0 Å². The summed E-state index contributed by atoms with van der Waals surface area (Å²) in [5.74, 6) is 0. The van der Waals surface area contributed by atoms with Crippen LogP contribution in [-0.2, 0) is 0 Å². The minimum Gasteiger partial charge on any atom is -0.345 e. The second-order valence-corrected chi connectivity index (χ2v) is 6.35. The van der Waals surface area contributed by atoms with Crippen LogP contribution in [0.5, 0.6) is 0 Å². The smallest absolute Gasteiger partial charge is 0.153 e. The molecule has 5 nitrogen and oxygen atoms in total. The number of thiazole rings is 1. The minimum atomic E-state index is 0.331. The van der Waals surface area contributed by atoms with Crippen molar-refractivity contribution in [3.05, 3.63) is 40.4 Å². The van der Waals surface area contributed by atoms with Gasteiger partial charge in [0, 0.05) is 17.3 Å². The predicted octanol–water partition coefficient (Wildman–Crippen LogP) is 4.07. The fraction of sp³-hybridized carbons (Fsp3) is 0.0667. The van der Waals surface area contributed by atoms with Crippen LogP contribution in [0, 0.1) is 18.3 Å². The number of nitrogens with zero attached hydrogens (tertiary/aromatic N) is 4. The molecule has 0 fully saturated rings. The van der Waals surface area contributed by atoms with Crippen molar-refractivity contribution in [3.8, 4) is 17.2 Å². The number of nitrogens with one attached hydrogen (secondary N) is 1. The van der Waals surface area contributed by atoms with Gasteiger partial charge in [0.1, 0.15) is 18.0 Å². The van der Waals surface area contributed by atoms with Crippen LogP contribution in [0.4, 0.5) is 0 Å². The molecule has 4 aromatic rings. The molecule has 3 heterocycles. The molecule has 7 heteroatoms. The topological polar surface area (TPSA) is 78.2 Å². The number of aromatic amines is 1. The summed E-state index contributed by atoms with van der Waals surface area (Å²) in [5.41, 5.74) is 3.50. The summed E-state index contributed by atoms with van der Waals surface area (Å²) >= 11 is 8.13. The monoisotopic (exact) mass is 325 g/mol. The molecule has 0 unspecified atom stereocenters. The van der Waals surface area contributed by atoms with Gasteiger partial charge in [-0.25, -0.2) is 15.0 Å². The second-order valence-electron chi connectivity index (χ2n) is 4.77. The van der Waals surface area contributed by atoms with Gasteiger partial charge in [-0.15, -0.1) is 11.3 Å². The standard InChI is InChI=1S/C15H8ClN5S/c1-7-21-10-3-2-8(13(16)14(10)22-7)9-5-18-15-12(9)11(4-17)19-6-20-15/h2-3,5-6H,1H3,(H,18,19,20).